The van der Waals surface area contributed by atoms with Gasteiger partial charge in [-0.15, -0.1) is 11.6 Å². The van der Waals surface area contributed by atoms with Crippen LogP contribution in [-0.4, -0.2) is 21.9 Å². The van der Waals surface area contributed by atoms with Gasteiger partial charge < -0.3 is 5.32 Å². The minimum atomic E-state index is 0.371. The van der Waals surface area contributed by atoms with E-state index in [0.717, 1.165) is 18.8 Å². The molecule has 1 saturated carbocycles. The number of aromatic nitrogens is 2. The van der Waals surface area contributed by atoms with Gasteiger partial charge in [0.1, 0.15) is 12.1 Å². The first-order valence-corrected chi connectivity index (χ1v) is 5.92. The lowest BCUT2D eigenvalue weighted by Gasteiger charge is -2.25. The second-order valence-corrected chi connectivity index (χ2v) is 4.72. The molecule has 1 aliphatic rings. The maximum atomic E-state index is 6.14. The van der Waals surface area contributed by atoms with Gasteiger partial charge in [-0.1, -0.05) is 6.42 Å². The molecule has 1 fully saturated rings. The lowest BCUT2D eigenvalue weighted by Crippen LogP contribution is -2.22. The van der Waals surface area contributed by atoms with Crippen molar-refractivity contribution >= 4 is 17.4 Å². The Morgan fingerprint density at radius 3 is 3.13 bits per heavy atom. The van der Waals surface area contributed by atoms with Crippen molar-refractivity contribution in [2.75, 3.05) is 11.9 Å². The van der Waals surface area contributed by atoms with E-state index in [4.69, 9.17) is 11.6 Å². The van der Waals surface area contributed by atoms with E-state index in [-0.39, 0.29) is 0 Å². The highest BCUT2D eigenvalue weighted by molar-refractivity contribution is 6.20. The zero-order valence-electron chi connectivity index (χ0n) is 8.69. The van der Waals surface area contributed by atoms with Crippen LogP contribution in [0, 0.1) is 5.92 Å². The predicted octanol–water partition coefficient (Wildman–Crippen LogP) is 2.69. The Hall–Kier alpha value is -0.830. The van der Waals surface area contributed by atoms with Crippen LogP contribution in [0.25, 0.3) is 0 Å². The summed E-state index contributed by atoms with van der Waals surface area (Å²) in [5.74, 6) is 1.60. The van der Waals surface area contributed by atoms with Crippen LogP contribution in [0.15, 0.2) is 18.6 Å². The number of nitrogens with one attached hydrogen (secondary N) is 1. The van der Waals surface area contributed by atoms with E-state index in [0.29, 0.717) is 11.3 Å². The average Bonchev–Trinajstić information content (AvgIpc) is 2.28. The van der Waals surface area contributed by atoms with Gasteiger partial charge in [0.2, 0.25) is 0 Å². The van der Waals surface area contributed by atoms with Gasteiger partial charge in [-0.3, -0.25) is 0 Å². The van der Waals surface area contributed by atoms with Crippen LogP contribution in [0.4, 0.5) is 5.82 Å². The van der Waals surface area contributed by atoms with Gasteiger partial charge in [0.05, 0.1) is 0 Å². The summed E-state index contributed by atoms with van der Waals surface area (Å²) in [6.45, 7) is 0.972. The summed E-state index contributed by atoms with van der Waals surface area (Å²) in [6, 6.07) is 1.89. The number of rotatable bonds is 3. The van der Waals surface area contributed by atoms with E-state index in [1.165, 1.54) is 19.3 Å². The number of alkyl halides is 1. The molecule has 2 unspecified atom stereocenters. The Morgan fingerprint density at radius 2 is 2.40 bits per heavy atom. The standard InChI is InChI=1S/C11H16ClN3/c12-10-3-1-2-9(6-10)7-14-11-4-5-13-8-15-11/h4-5,8-10H,1-3,6-7H2,(H,13,14,15). The second-order valence-electron chi connectivity index (χ2n) is 4.11. The van der Waals surface area contributed by atoms with Gasteiger partial charge in [-0.25, -0.2) is 9.97 Å². The summed E-state index contributed by atoms with van der Waals surface area (Å²) >= 11 is 6.14. The normalized spacial score (nSPS) is 26.2. The molecule has 1 aromatic rings. The maximum absolute atomic E-state index is 6.14. The van der Waals surface area contributed by atoms with Crippen molar-refractivity contribution in [3.05, 3.63) is 18.6 Å². The Bertz CT molecular complexity index is 291. The largest absolute Gasteiger partial charge is 0.370 e. The molecule has 1 aromatic heterocycles. The van der Waals surface area contributed by atoms with Crippen LogP contribution < -0.4 is 5.32 Å². The minimum absolute atomic E-state index is 0.371. The molecule has 1 heterocycles. The molecular formula is C11H16ClN3. The van der Waals surface area contributed by atoms with Crippen molar-refractivity contribution in [3.8, 4) is 0 Å². The topological polar surface area (TPSA) is 37.8 Å². The predicted molar refractivity (Wildman–Crippen MR) is 62.1 cm³/mol. The molecule has 0 saturated heterocycles. The highest BCUT2D eigenvalue weighted by Crippen LogP contribution is 2.27. The Morgan fingerprint density at radius 1 is 1.47 bits per heavy atom. The Balaban J connectivity index is 1.78. The lowest BCUT2D eigenvalue weighted by atomic mass is 9.89. The van der Waals surface area contributed by atoms with Gasteiger partial charge in [-0.2, -0.15) is 0 Å². The number of anilines is 1. The fourth-order valence-corrected chi connectivity index (χ4v) is 2.46. The van der Waals surface area contributed by atoms with Crippen LogP contribution in [0.3, 0.4) is 0 Å². The van der Waals surface area contributed by atoms with Crippen molar-refractivity contribution in [1.82, 2.24) is 9.97 Å². The third-order valence-electron chi connectivity index (χ3n) is 2.87. The summed E-state index contributed by atoms with van der Waals surface area (Å²) in [7, 11) is 0. The monoisotopic (exact) mass is 225 g/mol. The highest BCUT2D eigenvalue weighted by atomic mass is 35.5. The molecule has 0 aromatic carbocycles. The van der Waals surface area contributed by atoms with E-state index < -0.39 is 0 Å². The van der Waals surface area contributed by atoms with Gasteiger partial charge in [0.25, 0.3) is 0 Å². The minimum Gasteiger partial charge on any atom is -0.370 e. The van der Waals surface area contributed by atoms with Crippen LogP contribution in [0.1, 0.15) is 25.7 Å². The van der Waals surface area contributed by atoms with Crippen molar-refractivity contribution < 1.29 is 0 Å². The molecule has 0 aliphatic heterocycles. The van der Waals surface area contributed by atoms with Gasteiger partial charge in [0.15, 0.2) is 0 Å². The van der Waals surface area contributed by atoms with Gasteiger partial charge in [0, 0.05) is 18.1 Å². The molecule has 0 spiro atoms. The zero-order chi connectivity index (χ0) is 10.5. The van der Waals surface area contributed by atoms with Gasteiger partial charge in [-0.05, 0) is 31.2 Å². The fourth-order valence-electron chi connectivity index (χ4n) is 2.05. The van der Waals surface area contributed by atoms with Crippen molar-refractivity contribution in [3.63, 3.8) is 0 Å². The molecule has 2 rings (SSSR count). The molecule has 0 radical (unpaired) electrons. The summed E-state index contributed by atoms with van der Waals surface area (Å²) in [4.78, 5) is 8.01. The van der Waals surface area contributed by atoms with Gasteiger partial charge >= 0.3 is 0 Å². The second kappa shape index (κ2) is 5.31. The fraction of sp³-hybridized carbons (Fsp3) is 0.636. The Kier molecular flexibility index (Phi) is 3.78. The highest BCUT2D eigenvalue weighted by Gasteiger charge is 2.19. The molecule has 3 nitrogen and oxygen atoms in total. The Labute approximate surface area is 95.3 Å². The maximum Gasteiger partial charge on any atom is 0.129 e. The van der Waals surface area contributed by atoms with E-state index in [9.17, 15) is 0 Å². The average molecular weight is 226 g/mol. The summed E-state index contributed by atoms with van der Waals surface area (Å²) in [5, 5.41) is 3.70. The molecule has 4 heteroatoms. The molecular weight excluding hydrogens is 210 g/mol. The summed E-state index contributed by atoms with van der Waals surface area (Å²) < 4.78 is 0. The van der Waals surface area contributed by atoms with E-state index >= 15 is 0 Å². The first-order valence-electron chi connectivity index (χ1n) is 5.48. The zero-order valence-corrected chi connectivity index (χ0v) is 9.45. The van der Waals surface area contributed by atoms with Crippen LogP contribution in [0.5, 0.6) is 0 Å². The van der Waals surface area contributed by atoms with E-state index in [1.54, 1.807) is 12.5 Å². The van der Waals surface area contributed by atoms with Crippen LogP contribution >= 0.6 is 11.6 Å². The SMILES string of the molecule is ClC1CCCC(CNc2ccncn2)C1. The molecule has 0 amide bonds. The van der Waals surface area contributed by atoms with Crippen molar-refractivity contribution in [2.24, 2.45) is 5.92 Å². The third-order valence-corrected chi connectivity index (χ3v) is 3.27. The van der Waals surface area contributed by atoms with Crippen LogP contribution in [-0.2, 0) is 0 Å². The third kappa shape index (κ3) is 3.34. The van der Waals surface area contributed by atoms with E-state index in [2.05, 4.69) is 15.3 Å². The quantitative estimate of drug-likeness (QED) is 0.804. The van der Waals surface area contributed by atoms with E-state index in [1.807, 2.05) is 6.07 Å². The number of hydrogen-bond acceptors (Lipinski definition) is 3. The smallest absolute Gasteiger partial charge is 0.129 e. The summed E-state index contributed by atoms with van der Waals surface area (Å²) in [5.41, 5.74) is 0. The molecule has 1 aliphatic carbocycles. The molecule has 1 N–H and O–H groups in total. The molecule has 82 valence electrons. The number of hydrogen-bond donors (Lipinski definition) is 1. The van der Waals surface area contributed by atoms with Crippen molar-refractivity contribution in [2.45, 2.75) is 31.1 Å². The van der Waals surface area contributed by atoms with Crippen LogP contribution in [0.2, 0.25) is 0 Å². The first-order chi connectivity index (χ1) is 7.34. The first kappa shape index (κ1) is 10.7. The lowest BCUT2D eigenvalue weighted by molar-refractivity contribution is 0.378. The molecule has 0 bridgehead atoms. The molecule has 2 atom stereocenters. The molecule has 15 heavy (non-hydrogen) atoms. The number of nitrogens with zero attached hydrogens (tertiary/aromatic N) is 2. The summed E-state index contributed by atoms with van der Waals surface area (Å²) in [6.07, 6.45) is 8.14. The number of halogens is 1. The van der Waals surface area contributed by atoms with Crippen molar-refractivity contribution in [1.29, 1.82) is 0 Å².